The van der Waals surface area contributed by atoms with Crippen LogP contribution in [0, 0.1) is 5.41 Å². The molecule has 1 unspecified atom stereocenters. The molecule has 0 amide bonds. The van der Waals surface area contributed by atoms with Gasteiger partial charge in [0.15, 0.2) is 0 Å². The lowest BCUT2D eigenvalue weighted by Gasteiger charge is -2.40. The lowest BCUT2D eigenvalue weighted by molar-refractivity contribution is -0.135. The van der Waals surface area contributed by atoms with E-state index in [0.29, 0.717) is 30.3 Å². The number of benzene rings is 1. The Morgan fingerprint density at radius 3 is 2.71 bits per heavy atom. The van der Waals surface area contributed by atoms with Crippen LogP contribution in [0.15, 0.2) is 18.2 Å². The van der Waals surface area contributed by atoms with Crippen molar-refractivity contribution in [3.8, 4) is 5.75 Å². The molecule has 1 heterocycles. The Labute approximate surface area is 127 Å². The third-order valence-corrected chi connectivity index (χ3v) is 3.82. The highest BCUT2D eigenvalue weighted by atomic mass is 35.5. The highest BCUT2D eigenvalue weighted by Gasteiger charge is 2.38. The molecule has 2 rings (SSSR count). The van der Waals surface area contributed by atoms with E-state index in [1.165, 1.54) is 12.1 Å². The van der Waals surface area contributed by atoms with Crippen molar-refractivity contribution in [3.63, 3.8) is 0 Å². The number of hydrogen-bond donors (Lipinski definition) is 2. The second kappa shape index (κ2) is 6.87. The standard InChI is InChI=1S/C14H18ClF2NO3/c1-9(18-5-14(6-19)7-20-8-14)11-4-10(15)2-3-12(11)21-13(16)17/h2-4,9,13,18-19H,5-8H2,1H3. The SMILES string of the molecule is CC(NCC1(CO)COC1)c1cc(Cl)ccc1OC(F)F. The van der Waals surface area contributed by atoms with Gasteiger partial charge in [-0.3, -0.25) is 0 Å². The summed E-state index contributed by atoms with van der Waals surface area (Å²) in [6, 6.07) is 4.28. The van der Waals surface area contributed by atoms with Crippen LogP contribution in [0.4, 0.5) is 8.78 Å². The van der Waals surface area contributed by atoms with Crippen LogP contribution < -0.4 is 10.1 Å². The van der Waals surface area contributed by atoms with E-state index >= 15 is 0 Å². The second-order valence-electron chi connectivity index (χ2n) is 5.31. The zero-order valence-electron chi connectivity index (χ0n) is 11.6. The van der Waals surface area contributed by atoms with Crippen molar-refractivity contribution in [2.24, 2.45) is 5.41 Å². The number of rotatable bonds is 7. The van der Waals surface area contributed by atoms with E-state index in [-0.39, 0.29) is 23.8 Å². The summed E-state index contributed by atoms with van der Waals surface area (Å²) in [5, 5.41) is 13.0. The smallest absolute Gasteiger partial charge is 0.387 e. The van der Waals surface area contributed by atoms with Crippen LogP contribution >= 0.6 is 11.6 Å². The fourth-order valence-corrected chi connectivity index (χ4v) is 2.36. The molecule has 1 fully saturated rings. The minimum atomic E-state index is -2.89. The summed E-state index contributed by atoms with van der Waals surface area (Å²) >= 11 is 5.92. The molecule has 0 saturated carbocycles. The lowest BCUT2D eigenvalue weighted by Crippen LogP contribution is -2.52. The van der Waals surface area contributed by atoms with Crippen LogP contribution in [0.3, 0.4) is 0 Å². The van der Waals surface area contributed by atoms with E-state index in [1.54, 1.807) is 6.07 Å². The molecule has 0 spiro atoms. The molecule has 2 N–H and O–H groups in total. The van der Waals surface area contributed by atoms with E-state index in [9.17, 15) is 13.9 Å². The fraction of sp³-hybridized carbons (Fsp3) is 0.571. The Morgan fingerprint density at radius 1 is 1.48 bits per heavy atom. The molecule has 0 radical (unpaired) electrons. The number of aliphatic hydroxyl groups is 1. The topological polar surface area (TPSA) is 50.7 Å². The first-order chi connectivity index (χ1) is 9.96. The summed E-state index contributed by atoms with van der Waals surface area (Å²) in [6.45, 7) is 0.446. The normalized spacial score (nSPS) is 18.4. The van der Waals surface area contributed by atoms with Crippen molar-refractivity contribution in [2.75, 3.05) is 26.4 Å². The van der Waals surface area contributed by atoms with Gasteiger partial charge in [0, 0.05) is 23.2 Å². The predicted molar refractivity (Wildman–Crippen MR) is 74.8 cm³/mol. The molecule has 7 heteroatoms. The maximum atomic E-state index is 12.4. The molecule has 1 atom stereocenters. The number of hydrogen-bond acceptors (Lipinski definition) is 4. The van der Waals surface area contributed by atoms with Crippen molar-refractivity contribution in [1.29, 1.82) is 0 Å². The monoisotopic (exact) mass is 321 g/mol. The van der Waals surface area contributed by atoms with Gasteiger partial charge in [0.2, 0.25) is 0 Å². The molecule has 1 saturated heterocycles. The largest absolute Gasteiger partial charge is 0.434 e. The van der Waals surface area contributed by atoms with E-state index in [1.807, 2.05) is 6.92 Å². The molecule has 1 aliphatic rings. The summed E-state index contributed by atoms with van der Waals surface area (Å²) in [7, 11) is 0. The predicted octanol–water partition coefficient (Wildman–Crippen LogP) is 2.60. The first-order valence-corrected chi connectivity index (χ1v) is 7.00. The van der Waals surface area contributed by atoms with Gasteiger partial charge < -0.3 is 19.9 Å². The summed E-state index contributed by atoms with van der Waals surface area (Å²) < 4.78 is 34.5. The van der Waals surface area contributed by atoms with Gasteiger partial charge in [-0.25, -0.2) is 0 Å². The Kier molecular flexibility index (Phi) is 5.37. The number of halogens is 3. The van der Waals surface area contributed by atoms with Crippen LogP contribution in [0.25, 0.3) is 0 Å². The van der Waals surface area contributed by atoms with Crippen LogP contribution in [0.2, 0.25) is 5.02 Å². The number of alkyl halides is 2. The van der Waals surface area contributed by atoms with Gasteiger partial charge in [-0.2, -0.15) is 8.78 Å². The van der Waals surface area contributed by atoms with Crippen molar-refractivity contribution >= 4 is 11.6 Å². The molecule has 0 bridgehead atoms. The second-order valence-corrected chi connectivity index (χ2v) is 5.75. The molecule has 1 aromatic rings. The lowest BCUT2D eigenvalue weighted by atomic mass is 9.86. The average molecular weight is 322 g/mol. The summed E-state index contributed by atoms with van der Waals surface area (Å²) in [5.74, 6) is 0.0947. The highest BCUT2D eigenvalue weighted by molar-refractivity contribution is 6.30. The first kappa shape index (κ1) is 16.4. The van der Waals surface area contributed by atoms with Gasteiger partial charge in [0.1, 0.15) is 5.75 Å². The van der Waals surface area contributed by atoms with Crippen molar-refractivity contribution in [3.05, 3.63) is 28.8 Å². The minimum Gasteiger partial charge on any atom is -0.434 e. The Morgan fingerprint density at radius 2 is 2.19 bits per heavy atom. The summed E-state index contributed by atoms with van der Waals surface area (Å²) in [5.41, 5.74) is 0.257. The van der Waals surface area contributed by atoms with Gasteiger partial charge in [-0.15, -0.1) is 0 Å². The third-order valence-electron chi connectivity index (χ3n) is 3.59. The minimum absolute atomic E-state index is 0.0165. The van der Waals surface area contributed by atoms with Crippen LogP contribution in [0.1, 0.15) is 18.5 Å². The van der Waals surface area contributed by atoms with E-state index < -0.39 is 6.61 Å². The van der Waals surface area contributed by atoms with E-state index in [0.717, 1.165) is 0 Å². The van der Waals surface area contributed by atoms with Crippen molar-refractivity contribution in [1.82, 2.24) is 5.32 Å². The summed E-state index contributed by atoms with van der Waals surface area (Å²) in [4.78, 5) is 0. The van der Waals surface area contributed by atoms with E-state index in [4.69, 9.17) is 16.3 Å². The molecule has 1 aromatic carbocycles. The van der Waals surface area contributed by atoms with Gasteiger partial charge >= 0.3 is 6.61 Å². The molecule has 4 nitrogen and oxygen atoms in total. The molecule has 21 heavy (non-hydrogen) atoms. The molecule has 0 aliphatic carbocycles. The molecular weight excluding hydrogens is 304 g/mol. The number of nitrogens with one attached hydrogen (secondary N) is 1. The Hall–Kier alpha value is -0.950. The molecule has 0 aromatic heterocycles. The van der Waals surface area contributed by atoms with Gasteiger partial charge in [0.05, 0.1) is 25.2 Å². The molecule has 1 aliphatic heterocycles. The Balaban J connectivity index is 2.06. The molecular formula is C14H18ClF2NO3. The maximum absolute atomic E-state index is 12.4. The van der Waals surface area contributed by atoms with Crippen LogP contribution in [0.5, 0.6) is 5.75 Å². The summed E-state index contributed by atoms with van der Waals surface area (Å²) in [6.07, 6.45) is 0. The first-order valence-electron chi connectivity index (χ1n) is 6.62. The van der Waals surface area contributed by atoms with Crippen LogP contribution in [-0.2, 0) is 4.74 Å². The van der Waals surface area contributed by atoms with Crippen molar-refractivity contribution in [2.45, 2.75) is 19.6 Å². The highest BCUT2D eigenvalue weighted by Crippen LogP contribution is 2.31. The van der Waals surface area contributed by atoms with Gasteiger partial charge in [0.25, 0.3) is 0 Å². The van der Waals surface area contributed by atoms with Crippen molar-refractivity contribution < 1.29 is 23.4 Å². The maximum Gasteiger partial charge on any atom is 0.387 e. The zero-order valence-corrected chi connectivity index (χ0v) is 12.4. The van der Waals surface area contributed by atoms with Gasteiger partial charge in [-0.1, -0.05) is 11.6 Å². The third kappa shape index (κ3) is 4.03. The number of aliphatic hydroxyl groups excluding tert-OH is 1. The molecule has 118 valence electrons. The Bertz CT molecular complexity index is 478. The quantitative estimate of drug-likeness (QED) is 0.810. The van der Waals surface area contributed by atoms with E-state index in [2.05, 4.69) is 10.1 Å². The fourth-order valence-electron chi connectivity index (χ4n) is 2.18. The zero-order chi connectivity index (χ0) is 15.5. The van der Waals surface area contributed by atoms with Gasteiger partial charge in [-0.05, 0) is 25.1 Å². The number of ether oxygens (including phenoxy) is 2. The van der Waals surface area contributed by atoms with Crippen LogP contribution in [-0.4, -0.2) is 38.1 Å². The average Bonchev–Trinajstić information content (AvgIpc) is 2.39.